The van der Waals surface area contributed by atoms with E-state index < -0.39 is 0 Å². The van der Waals surface area contributed by atoms with Crippen LogP contribution in [0.2, 0.25) is 0 Å². The SMILES string of the molecule is CN(Cc1cccc(C(=O)Nc2ccc3c(cnn3C)c2)c1)CC1(C)COC1. The van der Waals surface area contributed by atoms with Crippen LogP contribution in [0.25, 0.3) is 10.9 Å². The number of anilines is 1. The van der Waals surface area contributed by atoms with Crippen molar-refractivity contribution in [3.8, 4) is 0 Å². The number of aromatic nitrogens is 2. The molecule has 1 saturated heterocycles. The fourth-order valence-corrected chi connectivity index (χ4v) is 3.82. The van der Waals surface area contributed by atoms with E-state index in [1.165, 1.54) is 0 Å². The van der Waals surface area contributed by atoms with Gasteiger partial charge in [-0.2, -0.15) is 5.10 Å². The van der Waals surface area contributed by atoms with E-state index in [9.17, 15) is 4.79 Å². The van der Waals surface area contributed by atoms with E-state index in [1.807, 2.05) is 48.1 Å². The third-order valence-electron chi connectivity index (χ3n) is 5.20. The summed E-state index contributed by atoms with van der Waals surface area (Å²) >= 11 is 0. The Morgan fingerprint density at radius 3 is 2.86 bits per heavy atom. The number of aryl methyl sites for hydroxylation is 1. The van der Waals surface area contributed by atoms with Gasteiger partial charge in [0.05, 0.1) is 24.9 Å². The molecule has 0 saturated carbocycles. The lowest BCUT2D eigenvalue weighted by Crippen LogP contribution is -2.47. The van der Waals surface area contributed by atoms with Crippen molar-refractivity contribution in [1.82, 2.24) is 14.7 Å². The number of ether oxygens (including phenoxy) is 1. The molecule has 0 atom stereocenters. The zero-order chi connectivity index (χ0) is 19.7. The maximum Gasteiger partial charge on any atom is 0.255 e. The normalized spacial score (nSPS) is 15.6. The Kier molecular flexibility index (Phi) is 4.91. The van der Waals surface area contributed by atoms with Crippen LogP contribution in [0.4, 0.5) is 5.69 Å². The smallest absolute Gasteiger partial charge is 0.255 e. The monoisotopic (exact) mass is 378 g/mol. The Morgan fingerprint density at radius 2 is 2.11 bits per heavy atom. The first-order chi connectivity index (χ1) is 13.4. The molecule has 4 rings (SSSR count). The fraction of sp³-hybridized carbons (Fsp3) is 0.364. The van der Waals surface area contributed by atoms with Gasteiger partial charge in [0, 0.05) is 42.2 Å². The second kappa shape index (κ2) is 7.37. The Bertz CT molecular complexity index is 1010. The first-order valence-electron chi connectivity index (χ1n) is 9.50. The number of hydrogen-bond acceptors (Lipinski definition) is 4. The zero-order valence-corrected chi connectivity index (χ0v) is 16.6. The van der Waals surface area contributed by atoms with E-state index in [2.05, 4.69) is 35.4 Å². The van der Waals surface area contributed by atoms with E-state index in [0.717, 1.165) is 48.5 Å². The summed E-state index contributed by atoms with van der Waals surface area (Å²) in [4.78, 5) is 15.0. The fourth-order valence-electron chi connectivity index (χ4n) is 3.82. The Balaban J connectivity index is 1.43. The van der Waals surface area contributed by atoms with Gasteiger partial charge in [0.15, 0.2) is 0 Å². The van der Waals surface area contributed by atoms with Crippen LogP contribution in [-0.2, 0) is 18.3 Å². The van der Waals surface area contributed by atoms with Gasteiger partial charge in [-0.25, -0.2) is 0 Å². The van der Waals surface area contributed by atoms with E-state index in [-0.39, 0.29) is 11.3 Å². The highest BCUT2D eigenvalue weighted by Gasteiger charge is 2.34. The Morgan fingerprint density at radius 1 is 1.29 bits per heavy atom. The van der Waals surface area contributed by atoms with Gasteiger partial charge in [-0.15, -0.1) is 0 Å². The first-order valence-corrected chi connectivity index (χ1v) is 9.50. The molecule has 1 amide bonds. The summed E-state index contributed by atoms with van der Waals surface area (Å²) in [5, 5.41) is 8.23. The molecule has 2 aromatic carbocycles. The molecule has 0 spiro atoms. The molecule has 0 radical (unpaired) electrons. The minimum Gasteiger partial charge on any atom is -0.380 e. The van der Waals surface area contributed by atoms with Gasteiger partial charge in [0.1, 0.15) is 0 Å². The number of rotatable bonds is 6. The van der Waals surface area contributed by atoms with Crippen molar-refractivity contribution in [3.05, 3.63) is 59.8 Å². The van der Waals surface area contributed by atoms with Crippen LogP contribution in [0, 0.1) is 5.41 Å². The molecular weight excluding hydrogens is 352 g/mol. The van der Waals surface area contributed by atoms with Crippen LogP contribution in [0.3, 0.4) is 0 Å². The van der Waals surface area contributed by atoms with E-state index >= 15 is 0 Å². The van der Waals surface area contributed by atoms with Gasteiger partial charge in [0.25, 0.3) is 5.91 Å². The number of nitrogens with zero attached hydrogens (tertiary/aromatic N) is 3. The van der Waals surface area contributed by atoms with Crippen LogP contribution < -0.4 is 5.32 Å². The van der Waals surface area contributed by atoms with E-state index in [4.69, 9.17) is 4.74 Å². The molecule has 6 heteroatoms. The zero-order valence-electron chi connectivity index (χ0n) is 16.6. The topological polar surface area (TPSA) is 59.4 Å². The number of hydrogen-bond donors (Lipinski definition) is 1. The third-order valence-corrected chi connectivity index (χ3v) is 5.20. The molecule has 146 valence electrons. The molecule has 3 aromatic rings. The van der Waals surface area contributed by atoms with Crippen LogP contribution in [-0.4, -0.2) is 47.4 Å². The van der Waals surface area contributed by atoms with E-state index in [0.29, 0.717) is 5.56 Å². The Hall–Kier alpha value is -2.70. The molecule has 2 heterocycles. The molecule has 1 aromatic heterocycles. The van der Waals surface area contributed by atoms with Gasteiger partial charge in [-0.3, -0.25) is 9.48 Å². The first kappa shape index (κ1) is 18.7. The largest absolute Gasteiger partial charge is 0.380 e. The predicted octanol–water partition coefficient (Wildman–Crippen LogP) is 3.29. The molecule has 1 aliphatic heterocycles. The summed E-state index contributed by atoms with van der Waals surface area (Å²) in [6.45, 7) is 5.67. The Labute approximate surface area is 165 Å². The lowest BCUT2D eigenvalue weighted by Gasteiger charge is -2.40. The lowest BCUT2D eigenvalue weighted by molar-refractivity contribution is -0.113. The molecule has 6 nitrogen and oxygen atoms in total. The van der Waals surface area contributed by atoms with Gasteiger partial charge in [-0.05, 0) is 42.9 Å². The van der Waals surface area contributed by atoms with E-state index in [1.54, 1.807) is 6.20 Å². The van der Waals surface area contributed by atoms with Crippen molar-refractivity contribution in [2.75, 3.05) is 32.1 Å². The minimum absolute atomic E-state index is 0.105. The van der Waals surface area contributed by atoms with Gasteiger partial charge < -0.3 is 15.0 Å². The van der Waals surface area contributed by atoms with Crippen molar-refractivity contribution >= 4 is 22.5 Å². The average molecular weight is 378 g/mol. The summed E-state index contributed by atoms with van der Waals surface area (Å²) in [5.41, 5.74) is 3.84. The molecule has 28 heavy (non-hydrogen) atoms. The van der Waals surface area contributed by atoms with Crippen molar-refractivity contribution < 1.29 is 9.53 Å². The molecule has 0 unspecified atom stereocenters. The quantitative estimate of drug-likeness (QED) is 0.715. The van der Waals surface area contributed by atoms with Gasteiger partial charge in [0.2, 0.25) is 0 Å². The molecular formula is C22H26N4O2. The molecule has 1 fully saturated rings. The average Bonchev–Trinajstić information content (AvgIpc) is 3.01. The summed E-state index contributed by atoms with van der Waals surface area (Å²) < 4.78 is 7.16. The molecule has 0 bridgehead atoms. The highest BCUT2D eigenvalue weighted by atomic mass is 16.5. The summed E-state index contributed by atoms with van der Waals surface area (Å²) in [7, 11) is 4.01. The summed E-state index contributed by atoms with van der Waals surface area (Å²) in [6, 6.07) is 13.6. The molecule has 1 N–H and O–H groups in total. The number of amides is 1. The van der Waals surface area contributed by atoms with Crippen molar-refractivity contribution in [1.29, 1.82) is 0 Å². The number of benzene rings is 2. The van der Waals surface area contributed by atoms with Gasteiger partial charge in [-0.1, -0.05) is 19.1 Å². The van der Waals surface area contributed by atoms with Crippen molar-refractivity contribution in [2.45, 2.75) is 13.5 Å². The number of nitrogens with one attached hydrogen (secondary N) is 1. The maximum atomic E-state index is 12.7. The standard InChI is InChI=1S/C22H26N4O2/c1-22(14-28-15-22)13-25(2)12-16-5-4-6-17(9-16)21(27)24-19-7-8-20-18(10-19)11-23-26(20)3/h4-11H,12-15H2,1-3H3,(H,24,27). The van der Waals surface area contributed by atoms with Crippen LogP contribution in [0.1, 0.15) is 22.8 Å². The molecule has 0 aliphatic carbocycles. The van der Waals surface area contributed by atoms with Crippen LogP contribution >= 0.6 is 0 Å². The van der Waals surface area contributed by atoms with Crippen LogP contribution in [0.5, 0.6) is 0 Å². The number of carbonyl (C=O) groups excluding carboxylic acids is 1. The lowest BCUT2D eigenvalue weighted by atomic mass is 9.88. The minimum atomic E-state index is -0.105. The van der Waals surface area contributed by atoms with Gasteiger partial charge >= 0.3 is 0 Å². The second-order valence-corrected chi connectivity index (χ2v) is 8.17. The molecule has 1 aliphatic rings. The number of carbonyl (C=O) groups is 1. The van der Waals surface area contributed by atoms with Crippen molar-refractivity contribution in [3.63, 3.8) is 0 Å². The third kappa shape index (κ3) is 3.93. The summed E-state index contributed by atoms with van der Waals surface area (Å²) in [5.74, 6) is -0.105. The highest BCUT2D eigenvalue weighted by molar-refractivity contribution is 6.05. The summed E-state index contributed by atoms with van der Waals surface area (Å²) in [6.07, 6.45) is 1.80. The van der Waals surface area contributed by atoms with Crippen LogP contribution in [0.15, 0.2) is 48.7 Å². The predicted molar refractivity (Wildman–Crippen MR) is 110 cm³/mol. The maximum absolute atomic E-state index is 12.7. The number of fused-ring (bicyclic) bond motifs is 1. The highest BCUT2D eigenvalue weighted by Crippen LogP contribution is 2.27. The second-order valence-electron chi connectivity index (χ2n) is 8.17. The van der Waals surface area contributed by atoms with Crippen molar-refractivity contribution in [2.24, 2.45) is 12.5 Å².